The van der Waals surface area contributed by atoms with Gasteiger partial charge in [-0.15, -0.1) is 11.3 Å². The maximum absolute atomic E-state index is 13.3. The summed E-state index contributed by atoms with van der Waals surface area (Å²) in [5, 5.41) is 13.3. The number of ether oxygens (including phenoxy) is 4. The summed E-state index contributed by atoms with van der Waals surface area (Å²) in [5.74, 6) is -0.415. The largest absolute Gasteiger partial charge is 0.507 e. The van der Waals surface area contributed by atoms with Crippen LogP contribution in [0.25, 0.3) is 5.76 Å². The third kappa shape index (κ3) is 4.28. The van der Waals surface area contributed by atoms with Crippen molar-refractivity contribution in [3.05, 3.63) is 64.7 Å². The number of aliphatic hydroxyl groups excluding tert-OH is 1. The number of rotatable bonds is 8. The minimum absolute atomic E-state index is 0.0897. The van der Waals surface area contributed by atoms with Crippen molar-refractivity contribution in [2.45, 2.75) is 13.0 Å². The first-order valence-corrected chi connectivity index (χ1v) is 11.6. The number of ketones is 1. The predicted octanol–water partition coefficient (Wildman–Crippen LogP) is 4.19. The molecule has 35 heavy (non-hydrogen) atoms. The number of Topliss-reactive ketones (excluding diaryl/α,β-unsaturated/α-hetero) is 1. The van der Waals surface area contributed by atoms with Crippen LogP contribution in [0.3, 0.4) is 0 Å². The Kier molecular flexibility index (Phi) is 6.92. The van der Waals surface area contributed by atoms with Gasteiger partial charge in [-0.2, -0.15) is 0 Å². The number of hydrogen-bond donors (Lipinski definition) is 1. The second-order valence-corrected chi connectivity index (χ2v) is 8.28. The first-order valence-electron chi connectivity index (χ1n) is 10.7. The van der Waals surface area contributed by atoms with Gasteiger partial charge >= 0.3 is 5.91 Å². The lowest BCUT2D eigenvalue weighted by Crippen LogP contribution is -2.29. The van der Waals surface area contributed by atoms with E-state index in [0.29, 0.717) is 45.9 Å². The van der Waals surface area contributed by atoms with Crippen LogP contribution in [0.5, 0.6) is 23.0 Å². The van der Waals surface area contributed by atoms with Crippen molar-refractivity contribution in [1.29, 1.82) is 0 Å². The van der Waals surface area contributed by atoms with Crippen molar-refractivity contribution in [1.82, 2.24) is 4.98 Å². The zero-order valence-electron chi connectivity index (χ0n) is 19.6. The summed E-state index contributed by atoms with van der Waals surface area (Å²) in [6.45, 7) is 2.28. The van der Waals surface area contributed by atoms with Gasteiger partial charge in [0.25, 0.3) is 5.78 Å². The Bertz CT molecular complexity index is 1260. The van der Waals surface area contributed by atoms with Crippen LogP contribution in [0.4, 0.5) is 5.13 Å². The standard InChI is InChI=1S/C25H24N2O7S/c1-5-34-16-8-6-7-14(11-16)21(28)19-20(27(24(30)22(19)29)25-26-9-10-35-25)15-12-17(31-2)23(33-4)18(13-15)32-3/h6-13,20,28H,5H2,1-4H3. The highest BCUT2D eigenvalue weighted by Crippen LogP contribution is 2.47. The minimum atomic E-state index is -0.995. The first kappa shape index (κ1) is 24.1. The second-order valence-electron chi connectivity index (χ2n) is 7.40. The molecule has 0 saturated carbocycles. The number of carbonyl (C=O) groups excluding carboxylic acids is 2. The molecule has 1 aliphatic heterocycles. The summed E-state index contributed by atoms with van der Waals surface area (Å²) in [4.78, 5) is 32.0. The fourth-order valence-electron chi connectivity index (χ4n) is 3.99. The fraction of sp³-hybridized carbons (Fsp3) is 0.240. The average Bonchev–Trinajstić information content (AvgIpc) is 3.49. The quantitative estimate of drug-likeness (QED) is 0.281. The Hall–Kier alpha value is -4.05. The van der Waals surface area contributed by atoms with Gasteiger partial charge in [-0.1, -0.05) is 12.1 Å². The molecule has 1 amide bonds. The van der Waals surface area contributed by atoms with E-state index in [1.54, 1.807) is 41.8 Å². The molecule has 2 heterocycles. The summed E-state index contributed by atoms with van der Waals surface area (Å²) in [6, 6.07) is 8.98. The molecule has 1 N–H and O–H groups in total. The number of aliphatic hydroxyl groups is 1. The van der Waals surface area contributed by atoms with Gasteiger partial charge in [0.05, 0.1) is 39.6 Å². The van der Waals surface area contributed by atoms with Crippen LogP contribution in [0.1, 0.15) is 24.1 Å². The van der Waals surface area contributed by atoms with Crippen molar-refractivity contribution in [2.75, 3.05) is 32.8 Å². The molecule has 3 aromatic rings. The normalized spacial score (nSPS) is 16.9. The van der Waals surface area contributed by atoms with E-state index in [4.69, 9.17) is 18.9 Å². The molecular formula is C25H24N2O7S. The maximum Gasteiger partial charge on any atom is 0.301 e. The molecule has 1 saturated heterocycles. The lowest BCUT2D eigenvalue weighted by Gasteiger charge is -2.24. The zero-order valence-corrected chi connectivity index (χ0v) is 20.4. The number of thiazole rings is 1. The number of carbonyl (C=O) groups is 2. The van der Waals surface area contributed by atoms with Crippen LogP contribution in [-0.4, -0.2) is 49.7 Å². The summed E-state index contributed by atoms with van der Waals surface area (Å²) in [5.41, 5.74) is 0.718. The van der Waals surface area contributed by atoms with E-state index in [1.165, 1.54) is 43.8 Å². The number of nitrogens with zero attached hydrogens (tertiary/aromatic N) is 2. The minimum Gasteiger partial charge on any atom is -0.507 e. The molecule has 9 nitrogen and oxygen atoms in total. The lowest BCUT2D eigenvalue weighted by molar-refractivity contribution is -0.132. The molecule has 182 valence electrons. The second kappa shape index (κ2) is 10.1. The molecule has 4 rings (SSSR count). The zero-order chi connectivity index (χ0) is 25.1. The Morgan fingerprint density at radius 3 is 2.37 bits per heavy atom. The van der Waals surface area contributed by atoms with Gasteiger partial charge in [0, 0.05) is 17.1 Å². The Morgan fingerprint density at radius 1 is 1.09 bits per heavy atom. The number of anilines is 1. The van der Waals surface area contributed by atoms with Crippen molar-refractivity contribution in [3.63, 3.8) is 0 Å². The molecule has 1 fully saturated rings. The van der Waals surface area contributed by atoms with Gasteiger partial charge in [0.1, 0.15) is 11.5 Å². The molecule has 0 spiro atoms. The van der Waals surface area contributed by atoms with Crippen molar-refractivity contribution < 1.29 is 33.6 Å². The first-order chi connectivity index (χ1) is 16.9. The van der Waals surface area contributed by atoms with Crippen LogP contribution in [-0.2, 0) is 9.59 Å². The molecule has 1 aliphatic rings. The monoisotopic (exact) mass is 496 g/mol. The van der Waals surface area contributed by atoms with Crippen LogP contribution in [0.15, 0.2) is 53.5 Å². The van der Waals surface area contributed by atoms with Gasteiger partial charge in [-0.05, 0) is 36.8 Å². The topological polar surface area (TPSA) is 107 Å². The number of methoxy groups -OCH3 is 3. The number of hydrogen-bond acceptors (Lipinski definition) is 9. The fourth-order valence-corrected chi connectivity index (χ4v) is 4.66. The Labute approximate surface area is 206 Å². The molecule has 0 bridgehead atoms. The van der Waals surface area contributed by atoms with Gasteiger partial charge in [0.2, 0.25) is 5.75 Å². The summed E-state index contributed by atoms with van der Waals surface area (Å²) < 4.78 is 21.9. The molecule has 0 radical (unpaired) electrons. The molecule has 0 aliphatic carbocycles. The highest BCUT2D eigenvalue weighted by molar-refractivity contribution is 7.14. The lowest BCUT2D eigenvalue weighted by atomic mass is 9.94. The Morgan fingerprint density at radius 2 is 1.80 bits per heavy atom. The van der Waals surface area contributed by atoms with E-state index < -0.39 is 17.7 Å². The van der Waals surface area contributed by atoms with Crippen molar-refractivity contribution in [3.8, 4) is 23.0 Å². The van der Waals surface area contributed by atoms with E-state index >= 15 is 0 Å². The Balaban J connectivity index is 1.97. The highest BCUT2D eigenvalue weighted by Gasteiger charge is 2.48. The molecule has 1 aromatic heterocycles. The van der Waals surface area contributed by atoms with Gasteiger partial charge in [-0.3, -0.25) is 14.5 Å². The number of amides is 1. The van der Waals surface area contributed by atoms with Crippen molar-refractivity contribution in [2.24, 2.45) is 0 Å². The molecule has 1 unspecified atom stereocenters. The van der Waals surface area contributed by atoms with E-state index in [9.17, 15) is 14.7 Å². The predicted molar refractivity (Wildman–Crippen MR) is 131 cm³/mol. The van der Waals surface area contributed by atoms with E-state index in [0.717, 1.165) is 0 Å². The van der Waals surface area contributed by atoms with Crippen molar-refractivity contribution >= 4 is 33.9 Å². The molecule has 10 heteroatoms. The van der Waals surface area contributed by atoms with E-state index in [2.05, 4.69) is 4.98 Å². The van der Waals surface area contributed by atoms with E-state index in [-0.39, 0.29) is 11.3 Å². The summed E-state index contributed by atoms with van der Waals surface area (Å²) in [6.07, 6.45) is 1.54. The van der Waals surface area contributed by atoms with Crippen LogP contribution in [0.2, 0.25) is 0 Å². The van der Waals surface area contributed by atoms with Gasteiger partial charge in [-0.25, -0.2) is 4.98 Å². The average molecular weight is 497 g/mol. The smallest absolute Gasteiger partial charge is 0.301 e. The van der Waals surface area contributed by atoms with E-state index in [1.807, 2.05) is 6.92 Å². The molecule has 2 aromatic carbocycles. The third-order valence-electron chi connectivity index (χ3n) is 5.49. The van der Waals surface area contributed by atoms with Crippen LogP contribution >= 0.6 is 11.3 Å². The van der Waals surface area contributed by atoms with Gasteiger partial charge < -0.3 is 24.1 Å². The SMILES string of the molecule is CCOc1cccc(C(O)=C2C(=O)C(=O)N(c3nccs3)C2c2cc(OC)c(OC)c(OC)c2)c1. The summed E-state index contributed by atoms with van der Waals surface area (Å²) in [7, 11) is 4.42. The molecule has 1 atom stereocenters. The number of benzene rings is 2. The number of aromatic nitrogens is 1. The van der Waals surface area contributed by atoms with Crippen LogP contribution < -0.4 is 23.8 Å². The molecular weight excluding hydrogens is 472 g/mol. The maximum atomic E-state index is 13.3. The van der Waals surface area contributed by atoms with Gasteiger partial charge in [0.15, 0.2) is 16.6 Å². The highest BCUT2D eigenvalue weighted by atomic mass is 32.1. The summed E-state index contributed by atoms with van der Waals surface area (Å²) >= 11 is 1.20. The third-order valence-corrected chi connectivity index (χ3v) is 6.26. The van der Waals surface area contributed by atoms with Crippen LogP contribution in [0, 0.1) is 0 Å².